The summed E-state index contributed by atoms with van der Waals surface area (Å²) >= 11 is 0. The monoisotopic (exact) mass is 404 g/mol. The van der Waals surface area contributed by atoms with Gasteiger partial charge < -0.3 is 19.6 Å². The van der Waals surface area contributed by atoms with Gasteiger partial charge in [0.1, 0.15) is 5.75 Å². The first-order chi connectivity index (χ1) is 14.5. The van der Waals surface area contributed by atoms with E-state index in [1.807, 2.05) is 25.1 Å². The van der Waals surface area contributed by atoms with E-state index in [0.717, 1.165) is 16.5 Å². The molecule has 8 nitrogen and oxygen atoms in total. The molecule has 0 radical (unpaired) electrons. The van der Waals surface area contributed by atoms with Gasteiger partial charge in [-0.1, -0.05) is 22.9 Å². The van der Waals surface area contributed by atoms with Crippen molar-refractivity contribution < 1.29 is 14.1 Å². The predicted octanol–water partition coefficient (Wildman–Crippen LogP) is 3.47. The predicted molar refractivity (Wildman–Crippen MR) is 113 cm³/mol. The van der Waals surface area contributed by atoms with Crippen molar-refractivity contribution >= 4 is 22.5 Å². The molecule has 0 unspecified atom stereocenters. The Labute approximate surface area is 171 Å². The maximum absolute atomic E-state index is 12.4. The van der Waals surface area contributed by atoms with Crippen molar-refractivity contribution in [3.63, 3.8) is 0 Å². The van der Waals surface area contributed by atoms with Crippen molar-refractivity contribution in [3.05, 3.63) is 70.3 Å². The van der Waals surface area contributed by atoms with Crippen LogP contribution < -0.4 is 15.6 Å². The minimum absolute atomic E-state index is 0.159. The maximum atomic E-state index is 12.4. The molecule has 0 bridgehead atoms. The zero-order valence-electron chi connectivity index (χ0n) is 16.6. The smallest absolute Gasteiger partial charge is 0.259 e. The summed E-state index contributed by atoms with van der Waals surface area (Å²) in [6.45, 7) is 1.98. The van der Waals surface area contributed by atoms with Gasteiger partial charge in [-0.3, -0.25) is 9.59 Å². The Morgan fingerprint density at radius 2 is 2.07 bits per heavy atom. The van der Waals surface area contributed by atoms with Crippen LogP contribution in [0.4, 0.5) is 5.69 Å². The van der Waals surface area contributed by atoms with Crippen LogP contribution in [0.5, 0.6) is 5.75 Å². The average molecular weight is 404 g/mol. The number of aromatic amines is 1. The van der Waals surface area contributed by atoms with Gasteiger partial charge >= 0.3 is 0 Å². The van der Waals surface area contributed by atoms with Crippen molar-refractivity contribution in [1.29, 1.82) is 0 Å². The lowest BCUT2D eigenvalue weighted by molar-refractivity contribution is -0.116. The minimum Gasteiger partial charge on any atom is -0.497 e. The summed E-state index contributed by atoms with van der Waals surface area (Å²) in [7, 11) is 1.57. The molecule has 152 valence electrons. The summed E-state index contributed by atoms with van der Waals surface area (Å²) in [5.41, 5.74) is 2.49. The maximum Gasteiger partial charge on any atom is 0.259 e. The number of nitrogens with one attached hydrogen (secondary N) is 2. The van der Waals surface area contributed by atoms with E-state index in [1.165, 1.54) is 0 Å². The van der Waals surface area contributed by atoms with E-state index in [4.69, 9.17) is 9.26 Å². The Bertz CT molecular complexity index is 1280. The number of hydrogen-bond acceptors (Lipinski definition) is 6. The molecule has 2 heterocycles. The summed E-state index contributed by atoms with van der Waals surface area (Å²) in [4.78, 5) is 31.7. The van der Waals surface area contributed by atoms with Gasteiger partial charge in [-0.15, -0.1) is 0 Å². The highest BCUT2D eigenvalue weighted by atomic mass is 16.5. The van der Waals surface area contributed by atoms with Gasteiger partial charge in [0.05, 0.1) is 12.7 Å². The van der Waals surface area contributed by atoms with Crippen LogP contribution in [0.3, 0.4) is 0 Å². The number of rotatable bonds is 6. The molecule has 0 aliphatic carbocycles. The number of pyridine rings is 1. The topological polar surface area (TPSA) is 110 Å². The lowest BCUT2D eigenvalue weighted by Crippen LogP contribution is -2.12. The molecule has 0 saturated heterocycles. The normalized spacial score (nSPS) is 10.9. The first-order valence-electron chi connectivity index (χ1n) is 9.42. The number of carbonyl (C=O) groups is 1. The van der Waals surface area contributed by atoms with E-state index < -0.39 is 0 Å². The van der Waals surface area contributed by atoms with Crippen LogP contribution in [-0.2, 0) is 11.2 Å². The van der Waals surface area contributed by atoms with Crippen LogP contribution in [0.1, 0.15) is 17.9 Å². The van der Waals surface area contributed by atoms with Crippen molar-refractivity contribution in [2.45, 2.75) is 19.8 Å². The first kappa shape index (κ1) is 19.4. The number of H-pyrrole nitrogens is 1. The van der Waals surface area contributed by atoms with Crippen LogP contribution >= 0.6 is 0 Å². The molecule has 4 aromatic rings. The molecule has 0 aliphatic heterocycles. The van der Waals surface area contributed by atoms with E-state index >= 15 is 0 Å². The standard InChI is InChI=1S/C22H20N4O4/c1-13-6-7-18-14(10-13)11-17(22(28)24-18)21-25-20(30-26-21)9-8-19(27)23-15-4-3-5-16(12-15)29-2/h3-7,10-12H,8-9H2,1-2H3,(H,23,27)(H,24,28). The Morgan fingerprint density at radius 3 is 2.90 bits per heavy atom. The summed E-state index contributed by atoms with van der Waals surface area (Å²) < 4.78 is 10.4. The molecule has 4 rings (SSSR count). The number of aryl methyl sites for hydroxylation is 2. The van der Waals surface area contributed by atoms with Crippen LogP contribution in [0.2, 0.25) is 0 Å². The lowest BCUT2D eigenvalue weighted by Gasteiger charge is -2.06. The van der Waals surface area contributed by atoms with Crippen molar-refractivity contribution in [1.82, 2.24) is 15.1 Å². The highest BCUT2D eigenvalue weighted by Crippen LogP contribution is 2.19. The number of ether oxygens (including phenoxy) is 1. The number of amides is 1. The third kappa shape index (κ3) is 4.22. The molecule has 0 fully saturated rings. The molecule has 30 heavy (non-hydrogen) atoms. The van der Waals surface area contributed by atoms with E-state index in [9.17, 15) is 9.59 Å². The summed E-state index contributed by atoms with van der Waals surface area (Å²) in [5, 5.41) is 7.59. The van der Waals surface area contributed by atoms with Gasteiger partial charge in [0.2, 0.25) is 17.6 Å². The van der Waals surface area contributed by atoms with E-state index in [2.05, 4.69) is 20.4 Å². The molecule has 0 aliphatic rings. The third-order valence-electron chi connectivity index (χ3n) is 4.63. The number of fused-ring (bicyclic) bond motifs is 1. The van der Waals surface area contributed by atoms with E-state index in [0.29, 0.717) is 17.0 Å². The quantitative estimate of drug-likeness (QED) is 0.509. The summed E-state index contributed by atoms with van der Waals surface area (Å²) in [5.74, 6) is 0.949. The van der Waals surface area contributed by atoms with E-state index in [1.54, 1.807) is 37.4 Å². The number of hydrogen-bond donors (Lipinski definition) is 2. The SMILES string of the molecule is COc1cccc(NC(=O)CCc2nc(-c3cc4cc(C)ccc4[nH]c3=O)no2)c1. The molecule has 2 N–H and O–H groups in total. The van der Waals surface area contributed by atoms with Gasteiger partial charge in [-0.25, -0.2) is 0 Å². The molecule has 8 heteroatoms. The molecule has 2 aromatic heterocycles. The molecule has 0 spiro atoms. The molecular formula is C22H20N4O4. The van der Waals surface area contributed by atoms with Gasteiger partial charge in [0.25, 0.3) is 5.56 Å². The fourth-order valence-corrected chi connectivity index (χ4v) is 3.10. The van der Waals surface area contributed by atoms with Gasteiger partial charge in [0.15, 0.2) is 0 Å². The molecular weight excluding hydrogens is 384 g/mol. The van der Waals surface area contributed by atoms with Crippen molar-refractivity contribution in [2.24, 2.45) is 0 Å². The zero-order valence-corrected chi connectivity index (χ0v) is 16.6. The van der Waals surface area contributed by atoms with Crippen LogP contribution in [0.25, 0.3) is 22.3 Å². The van der Waals surface area contributed by atoms with Crippen molar-refractivity contribution in [3.8, 4) is 17.1 Å². The number of methoxy groups -OCH3 is 1. The van der Waals surface area contributed by atoms with Crippen LogP contribution in [0.15, 0.2) is 57.8 Å². The second-order valence-electron chi connectivity index (χ2n) is 6.89. The van der Waals surface area contributed by atoms with Crippen molar-refractivity contribution in [2.75, 3.05) is 12.4 Å². The van der Waals surface area contributed by atoms with Gasteiger partial charge in [-0.2, -0.15) is 4.98 Å². The Kier molecular flexibility index (Phi) is 5.30. The number of carbonyl (C=O) groups excluding carboxylic acids is 1. The largest absolute Gasteiger partial charge is 0.497 e. The average Bonchev–Trinajstić information content (AvgIpc) is 3.21. The Morgan fingerprint density at radius 1 is 1.20 bits per heavy atom. The number of benzene rings is 2. The fraction of sp³-hybridized carbons (Fsp3) is 0.182. The molecule has 1 amide bonds. The van der Waals surface area contributed by atoms with Crippen LogP contribution in [-0.4, -0.2) is 28.1 Å². The first-order valence-corrected chi connectivity index (χ1v) is 9.42. The third-order valence-corrected chi connectivity index (χ3v) is 4.63. The Hall–Kier alpha value is -3.94. The van der Waals surface area contributed by atoms with Gasteiger partial charge in [0, 0.05) is 30.1 Å². The van der Waals surface area contributed by atoms with E-state index in [-0.39, 0.29) is 36.0 Å². The minimum atomic E-state index is -0.297. The number of nitrogens with zero attached hydrogens (tertiary/aromatic N) is 2. The Balaban J connectivity index is 1.45. The van der Waals surface area contributed by atoms with Gasteiger partial charge in [-0.05, 0) is 42.6 Å². The number of anilines is 1. The number of aromatic nitrogens is 3. The second-order valence-corrected chi connectivity index (χ2v) is 6.89. The summed E-state index contributed by atoms with van der Waals surface area (Å²) in [6, 6.07) is 14.6. The summed E-state index contributed by atoms with van der Waals surface area (Å²) in [6.07, 6.45) is 0.416. The molecule has 0 atom stereocenters. The highest BCUT2D eigenvalue weighted by Gasteiger charge is 2.14. The molecule has 2 aromatic carbocycles. The highest BCUT2D eigenvalue weighted by molar-refractivity contribution is 5.91. The molecule has 0 saturated carbocycles. The zero-order chi connectivity index (χ0) is 21.1. The lowest BCUT2D eigenvalue weighted by atomic mass is 10.1. The second kappa shape index (κ2) is 8.20. The van der Waals surface area contributed by atoms with Crippen LogP contribution in [0, 0.1) is 6.92 Å². The fourth-order valence-electron chi connectivity index (χ4n) is 3.10.